The van der Waals surface area contributed by atoms with Crippen molar-refractivity contribution in [2.75, 3.05) is 6.54 Å². The molecule has 3 rings (SSSR count). The summed E-state index contributed by atoms with van der Waals surface area (Å²) in [5, 5.41) is 3.18. The van der Waals surface area contributed by atoms with Crippen molar-refractivity contribution in [1.82, 2.24) is 10.2 Å². The highest BCUT2D eigenvalue weighted by Crippen LogP contribution is 2.24. The van der Waals surface area contributed by atoms with Crippen LogP contribution in [-0.4, -0.2) is 35.3 Å². The molecular formula is C25H32N2O2. The third-order valence-corrected chi connectivity index (χ3v) is 5.60. The molecule has 2 aromatic carbocycles. The lowest BCUT2D eigenvalue weighted by Gasteiger charge is -2.40. The van der Waals surface area contributed by atoms with Crippen LogP contribution in [0.3, 0.4) is 0 Å². The Bertz CT molecular complexity index is 827. The van der Waals surface area contributed by atoms with E-state index in [-0.39, 0.29) is 23.9 Å². The van der Waals surface area contributed by atoms with E-state index in [1.54, 1.807) is 0 Å². The molecule has 0 aromatic heterocycles. The first-order valence-corrected chi connectivity index (χ1v) is 10.7. The van der Waals surface area contributed by atoms with Gasteiger partial charge in [-0.3, -0.25) is 9.59 Å². The molecule has 0 radical (unpaired) electrons. The van der Waals surface area contributed by atoms with Crippen molar-refractivity contribution in [3.05, 3.63) is 70.8 Å². The molecule has 1 heterocycles. The predicted octanol–water partition coefficient (Wildman–Crippen LogP) is 4.44. The minimum atomic E-state index is 0.0754. The Balaban J connectivity index is 1.80. The lowest BCUT2D eigenvalue weighted by atomic mass is 9.91. The van der Waals surface area contributed by atoms with Crippen LogP contribution in [0.2, 0.25) is 0 Å². The molecule has 1 aliphatic rings. The molecule has 0 saturated carbocycles. The normalized spacial score (nSPS) is 19.1. The second-order valence-electron chi connectivity index (χ2n) is 8.26. The van der Waals surface area contributed by atoms with E-state index in [4.69, 9.17) is 0 Å². The van der Waals surface area contributed by atoms with Crippen LogP contribution < -0.4 is 5.32 Å². The molecule has 1 N–H and O–H groups in total. The molecule has 29 heavy (non-hydrogen) atoms. The van der Waals surface area contributed by atoms with Gasteiger partial charge in [0.05, 0.1) is 0 Å². The molecular weight excluding hydrogens is 360 g/mol. The number of piperidine rings is 1. The van der Waals surface area contributed by atoms with Gasteiger partial charge in [0.1, 0.15) is 0 Å². The molecule has 4 nitrogen and oxygen atoms in total. The zero-order valence-electron chi connectivity index (χ0n) is 17.8. The van der Waals surface area contributed by atoms with Crippen molar-refractivity contribution in [2.45, 2.75) is 65.0 Å². The van der Waals surface area contributed by atoms with Crippen LogP contribution in [0.1, 0.15) is 59.7 Å². The Morgan fingerprint density at radius 1 is 1.07 bits per heavy atom. The minimum Gasteiger partial charge on any atom is -0.353 e. The third kappa shape index (κ3) is 5.69. The van der Waals surface area contributed by atoms with Crippen molar-refractivity contribution in [2.24, 2.45) is 0 Å². The molecule has 1 fully saturated rings. The number of nitrogens with zero attached hydrogens (tertiary/aromatic N) is 1. The summed E-state index contributed by atoms with van der Waals surface area (Å²) in [6.45, 7) is 6.74. The maximum absolute atomic E-state index is 13.4. The topological polar surface area (TPSA) is 49.4 Å². The van der Waals surface area contributed by atoms with Gasteiger partial charge in [-0.15, -0.1) is 0 Å². The van der Waals surface area contributed by atoms with Gasteiger partial charge in [-0.05, 0) is 57.2 Å². The van der Waals surface area contributed by atoms with E-state index in [2.05, 4.69) is 23.5 Å². The summed E-state index contributed by atoms with van der Waals surface area (Å²) in [5.74, 6) is 0.209. The maximum Gasteiger partial charge on any atom is 0.254 e. The average Bonchev–Trinajstić information content (AvgIpc) is 2.68. The number of hydrogen-bond acceptors (Lipinski definition) is 2. The largest absolute Gasteiger partial charge is 0.353 e. The number of rotatable bonds is 6. The fraction of sp³-hybridized carbons (Fsp3) is 0.440. The lowest BCUT2D eigenvalue weighted by molar-refractivity contribution is -0.122. The van der Waals surface area contributed by atoms with Crippen LogP contribution in [0.5, 0.6) is 0 Å². The minimum absolute atomic E-state index is 0.0754. The number of hydrogen-bond donors (Lipinski definition) is 1. The van der Waals surface area contributed by atoms with Gasteiger partial charge in [-0.1, -0.05) is 54.4 Å². The van der Waals surface area contributed by atoms with Gasteiger partial charge in [0.25, 0.3) is 5.91 Å². The number of carbonyl (C=O) groups is 2. The lowest BCUT2D eigenvalue weighted by Crippen LogP contribution is -2.52. The monoisotopic (exact) mass is 392 g/mol. The van der Waals surface area contributed by atoms with Crippen LogP contribution in [-0.2, 0) is 11.2 Å². The zero-order valence-corrected chi connectivity index (χ0v) is 17.8. The van der Waals surface area contributed by atoms with Gasteiger partial charge in [0.2, 0.25) is 5.91 Å². The predicted molar refractivity (Wildman–Crippen MR) is 117 cm³/mol. The molecule has 0 bridgehead atoms. The Kier molecular flexibility index (Phi) is 7.08. The first kappa shape index (κ1) is 21.1. The van der Waals surface area contributed by atoms with Crippen LogP contribution in [0.25, 0.3) is 0 Å². The number of benzene rings is 2. The Hall–Kier alpha value is -2.62. The van der Waals surface area contributed by atoms with Crippen molar-refractivity contribution < 1.29 is 9.59 Å². The quantitative estimate of drug-likeness (QED) is 0.790. The zero-order chi connectivity index (χ0) is 20.8. The highest BCUT2D eigenvalue weighted by atomic mass is 16.2. The fourth-order valence-electron chi connectivity index (χ4n) is 4.32. The van der Waals surface area contributed by atoms with Gasteiger partial charge in [0.15, 0.2) is 0 Å². The SMILES string of the molecule is CCCC(=O)N[C@H]1CCN(C(=O)c2cc(C)cc(C)c2)[C@H](Cc2ccccc2)C1. The summed E-state index contributed by atoms with van der Waals surface area (Å²) in [7, 11) is 0. The van der Waals surface area contributed by atoms with E-state index in [1.807, 2.05) is 56.0 Å². The van der Waals surface area contributed by atoms with Crippen molar-refractivity contribution in [1.29, 1.82) is 0 Å². The first-order chi connectivity index (χ1) is 14.0. The first-order valence-electron chi connectivity index (χ1n) is 10.7. The molecule has 1 saturated heterocycles. The van der Waals surface area contributed by atoms with Gasteiger partial charge < -0.3 is 10.2 Å². The number of amides is 2. The molecule has 2 amide bonds. The summed E-state index contributed by atoms with van der Waals surface area (Å²) in [4.78, 5) is 27.5. The maximum atomic E-state index is 13.4. The summed E-state index contributed by atoms with van der Waals surface area (Å²) in [6, 6.07) is 16.6. The summed E-state index contributed by atoms with van der Waals surface area (Å²) in [5.41, 5.74) is 4.19. The van der Waals surface area contributed by atoms with Crippen LogP contribution in [0.15, 0.2) is 48.5 Å². The second-order valence-corrected chi connectivity index (χ2v) is 8.26. The molecule has 4 heteroatoms. The highest BCUT2D eigenvalue weighted by molar-refractivity contribution is 5.95. The van der Waals surface area contributed by atoms with Crippen molar-refractivity contribution in [3.8, 4) is 0 Å². The molecule has 0 unspecified atom stereocenters. The van der Waals surface area contributed by atoms with Crippen LogP contribution >= 0.6 is 0 Å². The average molecular weight is 393 g/mol. The van der Waals surface area contributed by atoms with Crippen molar-refractivity contribution >= 4 is 11.8 Å². The van der Waals surface area contributed by atoms with Gasteiger partial charge in [0, 0.05) is 30.6 Å². The molecule has 1 aliphatic heterocycles. The van der Waals surface area contributed by atoms with E-state index in [0.717, 1.165) is 42.4 Å². The van der Waals surface area contributed by atoms with E-state index < -0.39 is 0 Å². The molecule has 2 aromatic rings. The smallest absolute Gasteiger partial charge is 0.254 e. The Labute approximate surface area is 174 Å². The summed E-state index contributed by atoms with van der Waals surface area (Å²) in [6.07, 6.45) is 3.81. The summed E-state index contributed by atoms with van der Waals surface area (Å²) < 4.78 is 0. The number of aryl methyl sites for hydroxylation is 2. The second kappa shape index (κ2) is 9.73. The van der Waals surface area contributed by atoms with E-state index in [9.17, 15) is 9.59 Å². The van der Waals surface area contributed by atoms with E-state index in [0.29, 0.717) is 13.0 Å². The highest BCUT2D eigenvalue weighted by Gasteiger charge is 2.32. The Morgan fingerprint density at radius 3 is 2.41 bits per heavy atom. The van der Waals surface area contributed by atoms with Gasteiger partial charge >= 0.3 is 0 Å². The third-order valence-electron chi connectivity index (χ3n) is 5.60. The number of nitrogens with one attached hydrogen (secondary N) is 1. The van der Waals surface area contributed by atoms with Crippen LogP contribution in [0, 0.1) is 13.8 Å². The van der Waals surface area contributed by atoms with Crippen molar-refractivity contribution in [3.63, 3.8) is 0 Å². The van der Waals surface area contributed by atoms with Crippen LogP contribution in [0.4, 0.5) is 0 Å². The number of likely N-dealkylation sites (tertiary alicyclic amines) is 1. The molecule has 0 spiro atoms. The summed E-state index contributed by atoms with van der Waals surface area (Å²) >= 11 is 0. The van der Waals surface area contributed by atoms with Gasteiger partial charge in [-0.2, -0.15) is 0 Å². The standard InChI is InChI=1S/C25H32N2O2/c1-4-8-24(28)26-22-11-12-27(23(17-22)16-20-9-6-5-7-10-20)25(29)21-14-18(2)13-19(3)15-21/h5-7,9-10,13-15,22-23H,4,8,11-12,16-17H2,1-3H3,(H,26,28)/t22-,23+/m0/s1. The Morgan fingerprint density at radius 2 is 1.76 bits per heavy atom. The molecule has 0 aliphatic carbocycles. The number of carbonyl (C=O) groups excluding carboxylic acids is 2. The van der Waals surface area contributed by atoms with E-state index in [1.165, 1.54) is 5.56 Å². The van der Waals surface area contributed by atoms with E-state index >= 15 is 0 Å². The van der Waals surface area contributed by atoms with Gasteiger partial charge in [-0.25, -0.2) is 0 Å². The molecule has 154 valence electrons. The molecule has 2 atom stereocenters. The fourth-order valence-corrected chi connectivity index (χ4v) is 4.32.